The second-order valence-electron chi connectivity index (χ2n) is 7.06. The maximum absolute atomic E-state index is 6.11. The zero-order valence-electron chi connectivity index (χ0n) is 12.9. The lowest BCUT2D eigenvalue weighted by atomic mass is 9.75. The maximum Gasteiger partial charge on any atom is 0.0424 e. The third-order valence-electron chi connectivity index (χ3n) is 4.67. The molecule has 20 heavy (non-hydrogen) atoms. The van der Waals surface area contributed by atoms with Gasteiger partial charge in [-0.3, -0.25) is 4.90 Å². The summed E-state index contributed by atoms with van der Waals surface area (Å²) in [5.74, 6) is 0.828. The first-order valence-electron chi connectivity index (χ1n) is 7.47. The van der Waals surface area contributed by atoms with Crippen LogP contribution in [0.15, 0.2) is 18.2 Å². The molecule has 1 fully saturated rings. The van der Waals surface area contributed by atoms with Crippen molar-refractivity contribution in [3.8, 4) is 0 Å². The highest BCUT2D eigenvalue weighted by molar-refractivity contribution is 6.34. The van der Waals surface area contributed by atoms with Gasteiger partial charge in [0.1, 0.15) is 0 Å². The molecule has 3 heteroatoms. The first-order valence-corrected chi connectivity index (χ1v) is 8.23. The van der Waals surface area contributed by atoms with Crippen LogP contribution in [0.3, 0.4) is 0 Å². The SMILES string of the molecule is C[C@H](c1cc(Cl)cc(Cl)c1)N1CCC(C(C)(C)C)CC1. The van der Waals surface area contributed by atoms with Gasteiger partial charge in [-0.2, -0.15) is 0 Å². The minimum Gasteiger partial charge on any atom is -0.297 e. The van der Waals surface area contributed by atoms with Gasteiger partial charge in [0.2, 0.25) is 0 Å². The predicted molar refractivity (Wildman–Crippen MR) is 88.6 cm³/mol. The predicted octanol–water partition coefficient (Wildman–Crippen LogP) is 5.81. The molecule has 0 spiro atoms. The number of likely N-dealkylation sites (tertiary alicyclic amines) is 1. The van der Waals surface area contributed by atoms with Crippen LogP contribution in [0.4, 0.5) is 0 Å². The summed E-state index contributed by atoms with van der Waals surface area (Å²) in [4.78, 5) is 2.55. The van der Waals surface area contributed by atoms with E-state index in [1.807, 2.05) is 12.1 Å². The Morgan fingerprint density at radius 2 is 1.55 bits per heavy atom. The summed E-state index contributed by atoms with van der Waals surface area (Å²) >= 11 is 12.2. The van der Waals surface area contributed by atoms with Crippen LogP contribution in [-0.2, 0) is 0 Å². The van der Waals surface area contributed by atoms with Gasteiger partial charge < -0.3 is 0 Å². The van der Waals surface area contributed by atoms with E-state index in [-0.39, 0.29) is 0 Å². The fourth-order valence-electron chi connectivity index (χ4n) is 3.18. The standard InChI is InChI=1S/C17H25Cl2N/c1-12(13-9-15(18)11-16(19)10-13)20-7-5-14(6-8-20)17(2,3)4/h9-12,14H,5-8H2,1-4H3/t12-/m1/s1. The summed E-state index contributed by atoms with van der Waals surface area (Å²) < 4.78 is 0. The van der Waals surface area contributed by atoms with Crippen LogP contribution in [0, 0.1) is 11.3 Å². The van der Waals surface area contributed by atoms with Crippen LogP contribution >= 0.6 is 23.2 Å². The molecule has 0 radical (unpaired) electrons. The summed E-state index contributed by atoms with van der Waals surface area (Å²) in [6, 6.07) is 6.25. The molecule has 0 N–H and O–H groups in total. The van der Waals surface area contributed by atoms with Gasteiger partial charge >= 0.3 is 0 Å². The lowest BCUT2D eigenvalue weighted by Gasteiger charge is -2.41. The van der Waals surface area contributed by atoms with E-state index >= 15 is 0 Å². The van der Waals surface area contributed by atoms with Crippen molar-refractivity contribution in [3.63, 3.8) is 0 Å². The molecule has 1 atom stereocenters. The van der Waals surface area contributed by atoms with Crippen LogP contribution in [-0.4, -0.2) is 18.0 Å². The second-order valence-corrected chi connectivity index (χ2v) is 7.93. The van der Waals surface area contributed by atoms with Crippen LogP contribution in [0.25, 0.3) is 0 Å². The highest BCUT2D eigenvalue weighted by Crippen LogP contribution is 2.37. The number of benzene rings is 1. The number of piperidine rings is 1. The van der Waals surface area contributed by atoms with Crippen molar-refractivity contribution in [3.05, 3.63) is 33.8 Å². The van der Waals surface area contributed by atoms with Crippen molar-refractivity contribution >= 4 is 23.2 Å². The molecule has 1 aromatic rings. The molecule has 0 unspecified atom stereocenters. The van der Waals surface area contributed by atoms with Crippen molar-refractivity contribution in [2.24, 2.45) is 11.3 Å². The van der Waals surface area contributed by atoms with E-state index in [4.69, 9.17) is 23.2 Å². The molecule has 1 saturated heterocycles. The van der Waals surface area contributed by atoms with E-state index < -0.39 is 0 Å². The molecule has 0 bridgehead atoms. The minimum absolute atomic E-state index is 0.382. The molecule has 0 saturated carbocycles. The van der Waals surface area contributed by atoms with E-state index in [1.165, 1.54) is 18.4 Å². The van der Waals surface area contributed by atoms with Crippen LogP contribution in [0.1, 0.15) is 52.1 Å². The van der Waals surface area contributed by atoms with Crippen LogP contribution < -0.4 is 0 Å². The van der Waals surface area contributed by atoms with Gasteiger partial charge in [-0.05, 0) is 68.0 Å². The summed E-state index contributed by atoms with van der Waals surface area (Å²) in [7, 11) is 0. The van der Waals surface area contributed by atoms with Gasteiger partial charge in [-0.15, -0.1) is 0 Å². The van der Waals surface area contributed by atoms with Crippen molar-refractivity contribution < 1.29 is 0 Å². The Morgan fingerprint density at radius 1 is 1.05 bits per heavy atom. The average Bonchev–Trinajstić information content (AvgIpc) is 2.36. The first-order chi connectivity index (χ1) is 9.27. The summed E-state index contributed by atoms with van der Waals surface area (Å²) in [6.07, 6.45) is 2.56. The number of hydrogen-bond acceptors (Lipinski definition) is 1. The van der Waals surface area contributed by atoms with Gasteiger partial charge in [0.15, 0.2) is 0 Å². The van der Waals surface area contributed by atoms with Gasteiger partial charge in [0.05, 0.1) is 0 Å². The fraction of sp³-hybridized carbons (Fsp3) is 0.647. The van der Waals surface area contributed by atoms with Crippen molar-refractivity contribution in [1.82, 2.24) is 4.90 Å². The highest BCUT2D eigenvalue weighted by atomic mass is 35.5. The Kier molecular flexibility index (Phi) is 5.05. The van der Waals surface area contributed by atoms with E-state index in [0.717, 1.165) is 29.1 Å². The van der Waals surface area contributed by atoms with Crippen LogP contribution in [0.2, 0.25) is 10.0 Å². The molecule has 1 heterocycles. The molecular formula is C17H25Cl2N. The molecule has 0 amide bonds. The summed E-state index contributed by atoms with van der Waals surface area (Å²) in [5, 5.41) is 1.45. The fourth-order valence-corrected chi connectivity index (χ4v) is 3.72. The molecule has 1 nitrogen and oxygen atoms in total. The maximum atomic E-state index is 6.11. The van der Waals surface area contributed by atoms with Gasteiger partial charge in [-0.25, -0.2) is 0 Å². The number of hydrogen-bond donors (Lipinski definition) is 0. The lowest BCUT2D eigenvalue weighted by molar-refractivity contribution is 0.0878. The lowest BCUT2D eigenvalue weighted by Crippen LogP contribution is -2.39. The van der Waals surface area contributed by atoms with Gasteiger partial charge in [0.25, 0.3) is 0 Å². The Bertz CT molecular complexity index is 436. The van der Waals surface area contributed by atoms with Gasteiger partial charge in [0, 0.05) is 16.1 Å². The molecule has 1 aromatic carbocycles. The van der Waals surface area contributed by atoms with Gasteiger partial charge in [-0.1, -0.05) is 44.0 Å². The van der Waals surface area contributed by atoms with Crippen molar-refractivity contribution in [2.45, 2.75) is 46.6 Å². The molecule has 1 aliphatic rings. The minimum atomic E-state index is 0.382. The number of rotatable bonds is 2. The van der Waals surface area contributed by atoms with E-state index in [2.05, 4.69) is 32.6 Å². The van der Waals surface area contributed by atoms with E-state index in [9.17, 15) is 0 Å². The molecule has 112 valence electrons. The number of nitrogens with zero attached hydrogens (tertiary/aromatic N) is 1. The molecular weight excluding hydrogens is 289 g/mol. The molecule has 0 aromatic heterocycles. The summed E-state index contributed by atoms with van der Waals surface area (Å²) in [5.41, 5.74) is 1.64. The third-order valence-corrected chi connectivity index (χ3v) is 5.11. The Labute approximate surface area is 133 Å². The highest BCUT2D eigenvalue weighted by Gasteiger charge is 2.30. The van der Waals surface area contributed by atoms with Crippen molar-refractivity contribution in [2.75, 3.05) is 13.1 Å². The monoisotopic (exact) mass is 313 g/mol. The van der Waals surface area contributed by atoms with Crippen molar-refractivity contribution in [1.29, 1.82) is 0 Å². The van der Waals surface area contributed by atoms with E-state index in [1.54, 1.807) is 6.07 Å². The largest absolute Gasteiger partial charge is 0.297 e. The summed E-state index contributed by atoms with van der Waals surface area (Å²) in [6.45, 7) is 11.6. The topological polar surface area (TPSA) is 3.24 Å². The average molecular weight is 314 g/mol. The number of halogens is 2. The van der Waals surface area contributed by atoms with E-state index in [0.29, 0.717) is 11.5 Å². The molecule has 0 aliphatic carbocycles. The second kappa shape index (κ2) is 6.25. The zero-order chi connectivity index (χ0) is 14.9. The third kappa shape index (κ3) is 3.90. The zero-order valence-corrected chi connectivity index (χ0v) is 14.4. The quantitative estimate of drug-likeness (QED) is 0.665. The Hall–Kier alpha value is -0.240. The van der Waals surface area contributed by atoms with Crippen LogP contribution in [0.5, 0.6) is 0 Å². The Morgan fingerprint density at radius 3 is 2.00 bits per heavy atom. The molecule has 1 aliphatic heterocycles. The molecule has 2 rings (SSSR count). The Balaban J connectivity index is 2.03. The normalized spacial score (nSPS) is 20.1. The smallest absolute Gasteiger partial charge is 0.0424 e. The first kappa shape index (κ1) is 16.1.